The van der Waals surface area contributed by atoms with E-state index in [1.165, 1.54) is 12.1 Å². The van der Waals surface area contributed by atoms with Crippen LogP contribution >= 0.6 is 15.9 Å². The molecule has 1 aromatic carbocycles. The first-order valence-electron chi connectivity index (χ1n) is 7.27. The molecular weight excluding hydrogens is 363 g/mol. The van der Waals surface area contributed by atoms with E-state index in [0.29, 0.717) is 10.2 Å². The first-order valence-corrected chi connectivity index (χ1v) is 8.06. The molecule has 7 heteroatoms. The molecule has 1 unspecified atom stereocenters. The normalized spacial score (nSPS) is 12.4. The third kappa shape index (κ3) is 4.87. The Kier molecular flexibility index (Phi) is 5.90. The maximum absolute atomic E-state index is 13.1. The third-order valence-electron chi connectivity index (χ3n) is 3.44. The van der Waals surface area contributed by atoms with Gasteiger partial charge in [-0.05, 0) is 60.7 Å². The fourth-order valence-corrected chi connectivity index (χ4v) is 2.80. The summed E-state index contributed by atoms with van der Waals surface area (Å²) < 4.78 is 15.3. The van der Waals surface area contributed by atoms with Gasteiger partial charge in [-0.3, -0.25) is 9.48 Å². The molecule has 124 valence electrons. The van der Waals surface area contributed by atoms with Crippen LogP contribution in [-0.4, -0.2) is 41.2 Å². The highest BCUT2D eigenvalue weighted by Gasteiger charge is 2.20. The van der Waals surface area contributed by atoms with Gasteiger partial charge in [0.15, 0.2) is 5.69 Å². The van der Waals surface area contributed by atoms with Gasteiger partial charge < -0.3 is 10.2 Å². The van der Waals surface area contributed by atoms with E-state index in [-0.39, 0.29) is 17.8 Å². The van der Waals surface area contributed by atoms with Crippen molar-refractivity contribution in [2.75, 3.05) is 20.6 Å². The number of hydrogen-bond donors (Lipinski definition) is 1. The van der Waals surface area contributed by atoms with E-state index >= 15 is 0 Å². The number of aromatic nitrogens is 2. The summed E-state index contributed by atoms with van der Waals surface area (Å²) in [6, 6.07) is 5.99. The molecule has 1 amide bonds. The van der Waals surface area contributed by atoms with Gasteiger partial charge in [0.05, 0.1) is 10.5 Å². The van der Waals surface area contributed by atoms with E-state index in [0.717, 1.165) is 18.5 Å². The molecule has 0 bridgehead atoms. The lowest BCUT2D eigenvalue weighted by Crippen LogP contribution is -2.31. The molecule has 23 heavy (non-hydrogen) atoms. The molecular formula is C16H20BrFN4O. The average molecular weight is 383 g/mol. The maximum Gasteiger partial charge on any atom is 0.273 e. The molecule has 0 spiro atoms. The van der Waals surface area contributed by atoms with Gasteiger partial charge in [0.25, 0.3) is 5.91 Å². The quantitative estimate of drug-likeness (QED) is 0.835. The number of carbonyl (C=O) groups is 1. The molecule has 0 aliphatic heterocycles. The van der Waals surface area contributed by atoms with Crippen molar-refractivity contribution in [3.63, 3.8) is 0 Å². The smallest absolute Gasteiger partial charge is 0.273 e. The number of benzene rings is 1. The number of halogens is 2. The number of nitrogens with one attached hydrogen (secondary N) is 1. The predicted molar refractivity (Wildman–Crippen MR) is 90.7 cm³/mol. The highest BCUT2D eigenvalue weighted by molar-refractivity contribution is 9.10. The molecule has 0 aliphatic carbocycles. The van der Waals surface area contributed by atoms with Crippen LogP contribution in [0.1, 0.15) is 28.5 Å². The first kappa shape index (κ1) is 17.6. The van der Waals surface area contributed by atoms with Crippen LogP contribution in [0.5, 0.6) is 0 Å². The fraction of sp³-hybridized carbons (Fsp3) is 0.375. The minimum atomic E-state index is -0.293. The van der Waals surface area contributed by atoms with E-state index in [2.05, 4.69) is 26.3 Å². The van der Waals surface area contributed by atoms with Crippen molar-refractivity contribution in [3.05, 3.63) is 52.0 Å². The van der Waals surface area contributed by atoms with Crippen LogP contribution in [0.3, 0.4) is 0 Å². The van der Waals surface area contributed by atoms with Crippen molar-refractivity contribution in [3.8, 4) is 0 Å². The summed E-state index contributed by atoms with van der Waals surface area (Å²) in [5.41, 5.74) is 1.21. The van der Waals surface area contributed by atoms with Crippen molar-refractivity contribution in [2.24, 2.45) is 7.05 Å². The molecule has 0 aliphatic rings. The Bertz CT molecular complexity index is 669. The Balaban J connectivity index is 2.18. The van der Waals surface area contributed by atoms with Crippen LogP contribution in [0.4, 0.5) is 4.39 Å². The molecule has 1 aromatic heterocycles. The molecule has 2 rings (SSSR count). The van der Waals surface area contributed by atoms with Crippen LogP contribution in [0.15, 0.2) is 34.9 Å². The zero-order valence-corrected chi connectivity index (χ0v) is 15.0. The second kappa shape index (κ2) is 7.70. The Hall–Kier alpha value is -1.73. The lowest BCUT2D eigenvalue weighted by molar-refractivity contribution is 0.0926. The van der Waals surface area contributed by atoms with Gasteiger partial charge in [-0.1, -0.05) is 12.1 Å². The van der Waals surface area contributed by atoms with E-state index in [4.69, 9.17) is 0 Å². The Morgan fingerprint density at radius 3 is 2.57 bits per heavy atom. The number of carbonyl (C=O) groups excluding carboxylic acids is 1. The lowest BCUT2D eigenvalue weighted by atomic mass is 10.0. The summed E-state index contributed by atoms with van der Waals surface area (Å²) in [6.07, 6.45) is 2.44. The van der Waals surface area contributed by atoms with Gasteiger partial charge in [-0.2, -0.15) is 5.10 Å². The predicted octanol–water partition coefficient (Wildman–Crippen LogP) is 2.74. The van der Waals surface area contributed by atoms with Gasteiger partial charge >= 0.3 is 0 Å². The molecule has 0 fully saturated rings. The second-order valence-corrected chi connectivity index (χ2v) is 6.52. The molecule has 2 aromatic rings. The molecule has 1 atom stereocenters. The summed E-state index contributed by atoms with van der Waals surface area (Å²) in [4.78, 5) is 14.5. The summed E-state index contributed by atoms with van der Waals surface area (Å²) in [7, 11) is 5.70. The van der Waals surface area contributed by atoms with Gasteiger partial charge in [-0.15, -0.1) is 0 Å². The first-order chi connectivity index (χ1) is 10.9. The van der Waals surface area contributed by atoms with Gasteiger partial charge in [-0.25, -0.2) is 4.39 Å². The Morgan fingerprint density at radius 2 is 2.04 bits per heavy atom. The van der Waals surface area contributed by atoms with Crippen LogP contribution in [0.25, 0.3) is 0 Å². The monoisotopic (exact) mass is 382 g/mol. The van der Waals surface area contributed by atoms with Gasteiger partial charge in [0.1, 0.15) is 5.82 Å². The van der Waals surface area contributed by atoms with E-state index in [9.17, 15) is 9.18 Å². The minimum Gasteiger partial charge on any atom is -0.344 e. The zero-order valence-electron chi connectivity index (χ0n) is 13.4. The third-order valence-corrected chi connectivity index (χ3v) is 4.02. The highest BCUT2D eigenvalue weighted by Crippen LogP contribution is 2.20. The largest absolute Gasteiger partial charge is 0.344 e. The molecule has 1 N–H and O–H groups in total. The van der Waals surface area contributed by atoms with Crippen molar-refractivity contribution in [1.82, 2.24) is 20.0 Å². The van der Waals surface area contributed by atoms with E-state index in [1.807, 2.05) is 19.0 Å². The van der Waals surface area contributed by atoms with Crippen LogP contribution in [-0.2, 0) is 7.05 Å². The zero-order chi connectivity index (χ0) is 17.0. The Labute approximate surface area is 143 Å². The summed E-state index contributed by atoms with van der Waals surface area (Å²) in [5.74, 6) is -0.551. The highest BCUT2D eigenvalue weighted by atomic mass is 79.9. The van der Waals surface area contributed by atoms with E-state index < -0.39 is 0 Å². The molecule has 0 saturated heterocycles. The summed E-state index contributed by atoms with van der Waals surface area (Å²) >= 11 is 3.33. The number of rotatable bonds is 6. The summed E-state index contributed by atoms with van der Waals surface area (Å²) in [6.45, 7) is 0.797. The fourth-order valence-electron chi connectivity index (χ4n) is 2.24. The van der Waals surface area contributed by atoms with Crippen LogP contribution in [0, 0.1) is 5.82 Å². The van der Waals surface area contributed by atoms with Crippen molar-refractivity contribution >= 4 is 21.8 Å². The van der Waals surface area contributed by atoms with Gasteiger partial charge in [0.2, 0.25) is 0 Å². The molecule has 5 nitrogen and oxygen atoms in total. The SMILES string of the molecule is CN(C)CCC(NC(=O)c1nn(C)cc1Br)c1ccc(F)cc1. The summed E-state index contributed by atoms with van der Waals surface area (Å²) in [5, 5.41) is 7.14. The van der Waals surface area contributed by atoms with Crippen LogP contribution in [0.2, 0.25) is 0 Å². The molecule has 0 radical (unpaired) electrons. The number of aryl methyl sites for hydroxylation is 1. The number of nitrogens with zero attached hydrogens (tertiary/aromatic N) is 3. The number of amides is 1. The average Bonchev–Trinajstić information content (AvgIpc) is 2.83. The van der Waals surface area contributed by atoms with Gasteiger partial charge in [0, 0.05) is 13.2 Å². The minimum absolute atomic E-state index is 0.209. The number of hydrogen-bond acceptors (Lipinski definition) is 3. The van der Waals surface area contributed by atoms with E-state index in [1.54, 1.807) is 30.1 Å². The van der Waals surface area contributed by atoms with Crippen molar-refractivity contribution in [1.29, 1.82) is 0 Å². The molecule has 0 saturated carbocycles. The van der Waals surface area contributed by atoms with Crippen molar-refractivity contribution < 1.29 is 9.18 Å². The lowest BCUT2D eigenvalue weighted by Gasteiger charge is -2.21. The van der Waals surface area contributed by atoms with Crippen LogP contribution < -0.4 is 5.32 Å². The van der Waals surface area contributed by atoms with Crippen molar-refractivity contribution in [2.45, 2.75) is 12.5 Å². The Morgan fingerprint density at radius 1 is 1.39 bits per heavy atom. The second-order valence-electron chi connectivity index (χ2n) is 5.67. The maximum atomic E-state index is 13.1. The molecule has 1 heterocycles. The standard InChI is InChI=1S/C16H20BrFN4O/c1-21(2)9-8-14(11-4-6-12(18)7-5-11)19-16(23)15-13(17)10-22(3)20-15/h4-7,10,14H,8-9H2,1-3H3,(H,19,23). The topological polar surface area (TPSA) is 50.2 Å².